The normalized spacial score (nSPS) is 20.1. The Balaban J connectivity index is 2.98. The van der Waals surface area contributed by atoms with Crippen LogP contribution in [-0.2, 0) is 40.4 Å². The third-order valence-corrected chi connectivity index (χ3v) is 6.38. The number of urea groups is 1. The second kappa shape index (κ2) is 7.50. The number of carbonyl (C=O) groups excluding carboxylic acids is 3. The zero-order chi connectivity index (χ0) is 15.3. The van der Waals surface area contributed by atoms with Gasteiger partial charge in [0.25, 0.3) is 0 Å². The third-order valence-electron chi connectivity index (χ3n) is 3.87. The van der Waals surface area contributed by atoms with E-state index in [9.17, 15) is 14.4 Å². The summed E-state index contributed by atoms with van der Waals surface area (Å²) in [4.78, 5) is 37.7. The molecule has 0 aliphatic carbocycles. The summed E-state index contributed by atoms with van der Waals surface area (Å²) in [7, 11) is 0. The zero-order valence-electron chi connectivity index (χ0n) is 12.4. The minimum absolute atomic E-state index is 0.113. The second-order valence-electron chi connectivity index (χ2n) is 4.83. The Labute approximate surface area is 135 Å². The van der Waals surface area contributed by atoms with Crippen LogP contribution in [0.5, 0.6) is 0 Å². The van der Waals surface area contributed by atoms with Crippen LogP contribution in [-0.4, -0.2) is 42.0 Å². The van der Waals surface area contributed by atoms with Crippen LogP contribution >= 0.6 is 0 Å². The molecule has 0 saturated carbocycles. The van der Waals surface area contributed by atoms with Crippen molar-refractivity contribution >= 4 is 17.8 Å². The van der Waals surface area contributed by atoms with Crippen molar-refractivity contribution in [2.45, 2.75) is 43.6 Å². The van der Waals surface area contributed by atoms with E-state index in [4.69, 9.17) is 4.74 Å². The zero-order valence-corrected chi connectivity index (χ0v) is 17.9. The average Bonchev–Trinajstić information content (AvgIpc) is 2.43. The number of rotatable bonds is 7. The summed E-state index contributed by atoms with van der Waals surface area (Å²) in [5.74, 6) is -0.862. The standard InChI is InChI=1S/C13H21N2O4.Hg/c1-5-13(6-2)10(16)14-12(18)15(11(13)17)8-9(4)19-7-3;/h9H,4-8H2,1-3H3,(H,14,16,18);. The van der Waals surface area contributed by atoms with E-state index in [0.717, 1.165) is 8.83 Å². The average molecular weight is 470 g/mol. The van der Waals surface area contributed by atoms with E-state index >= 15 is 0 Å². The van der Waals surface area contributed by atoms with Crippen molar-refractivity contribution in [3.63, 3.8) is 0 Å². The monoisotopic (exact) mass is 471 g/mol. The fourth-order valence-electron chi connectivity index (χ4n) is 2.44. The molecule has 0 aromatic carbocycles. The number of nitrogens with one attached hydrogen (secondary N) is 1. The van der Waals surface area contributed by atoms with Gasteiger partial charge in [-0.2, -0.15) is 0 Å². The predicted molar refractivity (Wildman–Crippen MR) is 68.5 cm³/mol. The van der Waals surface area contributed by atoms with Gasteiger partial charge in [-0.05, 0) is 0 Å². The van der Waals surface area contributed by atoms with Crippen LogP contribution in [0, 0.1) is 5.41 Å². The predicted octanol–water partition coefficient (Wildman–Crippen LogP) is 1.24. The Morgan fingerprint density at radius 1 is 1.25 bits per heavy atom. The first-order valence-electron chi connectivity index (χ1n) is 7.05. The Hall–Kier alpha value is -0.495. The molecule has 1 heterocycles. The van der Waals surface area contributed by atoms with Crippen molar-refractivity contribution in [1.29, 1.82) is 0 Å². The Morgan fingerprint density at radius 3 is 2.30 bits per heavy atom. The summed E-state index contributed by atoms with van der Waals surface area (Å²) in [6.45, 7) is 6.27. The summed E-state index contributed by atoms with van der Waals surface area (Å²) < 4.78 is 6.44. The molecule has 0 radical (unpaired) electrons. The first kappa shape index (κ1) is 17.6. The molecule has 1 rings (SSSR count). The molecule has 1 unspecified atom stereocenters. The van der Waals surface area contributed by atoms with Gasteiger partial charge in [0.15, 0.2) is 0 Å². The molecule has 109 valence electrons. The molecule has 4 amide bonds. The van der Waals surface area contributed by atoms with E-state index in [2.05, 4.69) is 5.32 Å². The number of barbiturate groups is 1. The molecule has 0 aromatic heterocycles. The van der Waals surface area contributed by atoms with Gasteiger partial charge in [0.1, 0.15) is 0 Å². The number of hydrogen-bond acceptors (Lipinski definition) is 4. The topological polar surface area (TPSA) is 75.7 Å². The number of imide groups is 2. The summed E-state index contributed by atoms with van der Waals surface area (Å²) in [5.41, 5.74) is -1.11. The summed E-state index contributed by atoms with van der Waals surface area (Å²) >= 11 is 0.524. The van der Waals surface area contributed by atoms with Crippen molar-refractivity contribution in [3.8, 4) is 0 Å². The van der Waals surface area contributed by atoms with E-state index in [0.29, 0.717) is 45.6 Å². The molecule has 0 aromatic rings. The van der Waals surface area contributed by atoms with Gasteiger partial charge in [-0.15, -0.1) is 0 Å². The fraction of sp³-hybridized carbons (Fsp3) is 0.769. The van der Waals surface area contributed by atoms with Crippen molar-refractivity contribution in [1.82, 2.24) is 10.2 Å². The van der Waals surface area contributed by atoms with Crippen LogP contribution in [0.2, 0.25) is 3.93 Å². The maximum absolute atomic E-state index is 12.6. The summed E-state index contributed by atoms with van der Waals surface area (Å²) in [6.07, 6.45) is 0.668. The van der Waals surface area contributed by atoms with Gasteiger partial charge in [-0.3, -0.25) is 0 Å². The molecule has 6 nitrogen and oxygen atoms in total. The van der Waals surface area contributed by atoms with Gasteiger partial charge < -0.3 is 0 Å². The summed E-state index contributed by atoms with van der Waals surface area (Å²) in [5, 5.41) is 2.31. The van der Waals surface area contributed by atoms with Crippen LogP contribution in [0.25, 0.3) is 0 Å². The Morgan fingerprint density at radius 2 is 1.85 bits per heavy atom. The van der Waals surface area contributed by atoms with E-state index in [1.54, 1.807) is 13.8 Å². The SMILES string of the molecule is CCOC([CH2][Hg])CN1C(=O)NC(=O)C(CC)(CC)C1=O. The van der Waals surface area contributed by atoms with Gasteiger partial charge in [-0.25, -0.2) is 0 Å². The Bertz CT molecular complexity index is 396. The van der Waals surface area contributed by atoms with Crippen molar-refractivity contribution in [2.75, 3.05) is 13.2 Å². The number of amides is 4. The molecule has 1 atom stereocenters. The Kier molecular flexibility index (Phi) is 6.58. The molecule has 1 aliphatic rings. The fourth-order valence-corrected chi connectivity index (χ4v) is 3.80. The van der Waals surface area contributed by atoms with Crippen LogP contribution in [0.1, 0.15) is 33.6 Å². The quantitative estimate of drug-likeness (QED) is 0.450. The molecule has 20 heavy (non-hydrogen) atoms. The molecule has 1 aliphatic heterocycles. The van der Waals surface area contributed by atoms with E-state index in [1.807, 2.05) is 6.92 Å². The van der Waals surface area contributed by atoms with Gasteiger partial charge in [0.2, 0.25) is 0 Å². The van der Waals surface area contributed by atoms with Gasteiger partial charge in [0.05, 0.1) is 0 Å². The van der Waals surface area contributed by atoms with Gasteiger partial charge >= 0.3 is 136 Å². The molecule has 1 saturated heterocycles. The van der Waals surface area contributed by atoms with E-state index in [-0.39, 0.29) is 18.6 Å². The van der Waals surface area contributed by atoms with Crippen LogP contribution < -0.4 is 5.32 Å². The molecular weight excluding hydrogens is 449 g/mol. The van der Waals surface area contributed by atoms with Crippen molar-refractivity contribution in [2.24, 2.45) is 5.41 Å². The van der Waals surface area contributed by atoms with Gasteiger partial charge in [0, 0.05) is 0 Å². The number of nitrogens with zero attached hydrogens (tertiary/aromatic N) is 1. The molecule has 7 heteroatoms. The number of hydrogen-bond donors (Lipinski definition) is 1. The second-order valence-corrected chi connectivity index (χ2v) is 7.07. The first-order chi connectivity index (χ1) is 9.46. The van der Waals surface area contributed by atoms with E-state index in [1.165, 1.54) is 0 Å². The van der Waals surface area contributed by atoms with Crippen LogP contribution in [0.15, 0.2) is 0 Å². The van der Waals surface area contributed by atoms with Crippen molar-refractivity contribution < 1.29 is 45.2 Å². The maximum atomic E-state index is 12.6. The third kappa shape index (κ3) is 3.22. The minimum atomic E-state index is -1.11. The summed E-state index contributed by atoms with van der Waals surface area (Å²) in [6, 6.07) is -0.621. The molecule has 0 spiro atoms. The molecule has 0 bridgehead atoms. The first-order valence-corrected chi connectivity index (χ1v) is 10.9. The van der Waals surface area contributed by atoms with Gasteiger partial charge in [-0.1, -0.05) is 0 Å². The van der Waals surface area contributed by atoms with Crippen molar-refractivity contribution in [3.05, 3.63) is 0 Å². The number of ether oxygens (including phenoxy) is 1. The molecular formula is C13H21HgN2O4. The number of carbonyl (C=O) groups is 3. The van der Waals surface area contributed by atoms with Crippen LogP contribution in [0.3, 0.4) is 0 Å². The molecule has 1 N–H and O–H groups in total. The molecule has 1 fully saturated rings. The van der Waals surface area contributed by atoms with E-state index < -0.39 is 17.4 Å². The van der Waals surface area contributed by atoms with Crippen LogP contribution in [0.4, 0.5) is 4.79 Å².